The first-order valence-electron chi connectivity index (χ1n) is 5.36. The summed E-state index contributed by atoms with van der Waals surface area (Å²) >= 11 is 0. The van der Waals surface area contributed by atoms with Crippen molar-refractivity contribution < 1.29 is 19.5 Å². The summed E-state index contributed by atoms with van der Waals surface area (Å²) < 4.78 is 0. The molecule has 1 atom stereocenters. The van der Waals surface area contributed by atoms with Gasteiger partial charge in [0, 0.05) is 20.0 Å². The zero-order valence-electron chi connectivity index (χ0n) is 10.2. The smallest absolute Gasteiger partial charge is 0.326 e. The van der Waals surface area contributed by atoms with Crippen molar-refractivity contribution in [1.29, 1.82) is 0 Å². The lowest BCUT2D eigenvalue weighted by atomic mass is 10.1. The molecule has 17 heavy (non-hydrogen) atoms. The highest BCUT2D eigenvalue weighted by Crippen LogP contribution is 2.01. The third kappa shape index (κ3) is 6.39. The number of carboxylic acid groups (broad SMARTS) is 1. The lowest BCUT2D eigenvalue weighted by molar-refractivity contribution is -0.140. The second kappa shape index (κ2) is 7.48. The molecule has 0 aromatic rings. The Morgan fingerprint density at radius 2 is 1.82 bits per heavy atom. The van der Waals surface area contributed by atoms with Gasteiger partial charge in [0.25, 0.3) is 0 Å². The van der Waals surface area contributed by atoms with Gasteiger partial charge in [0.2, 0.25) is 5.91 Å². The van der Waals surface area contributed by atoms with E-state index in [2.05, 4.69) is 16.0 Å². The van der Waals surface area contributed by atoms with E-state index in [1.165, 1.54) is 7.05 Å². The Morgan fingerprint density at radius 1 is 1.24 bits per heavy atom. The molecule has 0 aromatic heterocycles. The predicted molar refractivity (Wildman–Crippen MR) is 61.5 cm³/mol. The monoisotopic (exact) mass is 245 g/mol. The topological polar surface area (TPSA) is 108 Å². The second-order valence-electron chi connectivity index (χ2n) is 3.88. The van der Waals surface area contributed by atoms with Crippen LogP contribution in [0, 0.1) is 5.92 Å². The number of hydrogen-bond acceptors (Lipinski definition) is 3. The van der Waals surface area contributed by atoms with Crippen LogP contribution in [0.5, 0.6) is 0 Å². The lowest BCUT2D eigenvalue weighted by Crippen LogP contribution is -2.49. The molecular formula is C10H19N3O4. The van der Waals surface area contributed by atoms with Crippen molar-refractivity contribution in [2.45, 2.75) is 26.3 Å². The summed E-state index contributed by atoms with van der Waals surface area (Å²) in [5, 5.41) is 16.0. The molecule has 7 heteroatoms. The van der Waals surface area contributed by atoms with E-state index in [0.29, 0.717) is 0 Å². The van der Waals surface area contributed by atoms with Gasteiger partial charge in [0.15, 0.2) is 0 Å². The van der Waals surface area contributed by atoms with Crippen LogP contribution in [-0.4, -0.2) is 42.6 Å². The Morgan fingerprint density at radius 3 is 2.24 bits per heavy atom. The minimum absolute atomic E-state index is 0.156. The van der Waals surface area contributed by atoms with E-state index in [1.54, 1.807) is 13.8 Å². The molecule has 0 aromatic carbocycles. The van der Waals surface area contributed by atoms with Crippen molar-refractivity contribution >= 4 is 17.9 Å². The summed E-state index contributed by atoms with van der Waals surface area (Å²) in [6.45, 7) is 3.56. The molecule has 0 fully saturated rings. The number of carbonyl (C=O) groups is 3. The van der Waals surface area contributed by atoms with E-state index in [0.717, 1.165) is 0 Å². The fourth-order valence-electron chi connectivity index (χ4n) is 1.12. The third-order valence-electron chi connectivity index (χ3n) is 2.14. The first-order chi connectivity index (χ1) is 7.88. The van der Waals surface area contributed by atoms with Crippen molar-refractivity contribution in [2.24, 2.45) is 5.92 Å². The number of amides is 3. The largest absolute Gasteiger partial charge is 0.480 e. The zero-order chi connectivity index (χ0) is 13.4. The number of carboxylic acids is 1. The molecule has 0 heterocycles. The molecule has 0 aliphatic carbocycles. The van der Waals surface area contributed by atoms with Crippen LogP contribution in [0.15, 0.2) is 0 Å². The van der Waals surface area contributed by atoms with Gasteiger partial charge in [0.1, 0.15) is 6.04 Å². The summed E-state index contributed by atoms with van der Waals surface area (Å²) in [5.41, 5.74) is 0. The molecule has 0 aliphatic heterocycles. The zero-order valence-corrected chi connectivity index (χ0v) is 10.2. The predicted octanol–water partition coefficient (Wildman–Crippen LogP) is -0.469. The van der Waals surface area contributed by atoms with E-state index >= 15 is 0 Å². The van der Waals surface area contributed by atoms with Gasteiger partial charge in [-0.05, 0) is 5.92 Å². The van der Waals surface area contributed by atoms with Crippen LogP contribution in [0.1, 0.15) is 20.3 Å². The molecule has 0 saturated carbocycles. The molecule has 98 valence electrons. The first kappa shape index (κ1) is 15.2. The normalized spacial score (nSPS) is 11.8. The minimum atomic E-state index is -1.08. The summed E-state index contributed by atoms with van der Waals surface area (Å²) in [6, 6.07) is -1.52. The Kier molecular flexibility index (Phi) is 6.69. The molecule has 4 N–H and O–H groups in total. The van der Waals surface area contributed by atoms with Gasteiger partial charge in [-0.15, -0.1) is 0 Å². The van der Waals surface area contributed by atoms with E-state index in [-0.39, 0.29) is 24.8 Å². The summed E-state index contributed by atoms with van der Waals surface area (Å²) in [5.74, 6) is -1.48. The van der Waals surface area contributed by atoms with Crippen LogP contribution in [0.25, 0.3) is 0 Å². The van der Waals surface area contributed by atoms with E-state index in [9.17, 15) is 14.4 Å². The highest BCUT2D eigenvalue weighted by atomic mass is 16.4. The van der Waals surface area contributed by atoms with E-state index < -0.39 is 18.0 Å². The van der Waals surface area contributed by atoms with Gasteiger partial charge in [-0.2, -0.15) is 0 Å². The minimum Gasteiger partial charge on any atom is -0.480 e. The Bertz CT molecular complexity index is 291. The fraction of sp³-hybridized carbons (Fsp3) is 0.700. The first-order valence-corrected chi connectivity index (χ1v) is 5.36. The van der Waals surface area contributed by atoms with Crippen molar-refractivity contribution in [3.05, 3.63) is 0 Å². The number of nitrogens with one attached hydrogen (secondary N) is 3. The van der Waals surface area contributed by atoms with Crippen LogP contribution in [0.2, 0.25) is 0 Å². The average molecular weight is 245 g/mol. The molecule has 0 saturated heterocycles. The van der Waals surface area contributed by atoms with Crippen LogP contribution in [-0.2, 0) is 9.59 Å². The average Bonchev–Trinajstić information content (AvgIpc) is 2.24. The number of hydrogen-bond donors (Lipinski definition) is 4. The van der Waals surface area contributed by atoms with Crippen molar-refractivity contribution in [3.63, 3.8) is 0 Å². The van der Waals surface area contributed by atoms with Crippen molar-refractivity contribution in [2.75, 3.05) is 13.6 Å². The summed E-state index contributed by atoms with van der Waals surface area (Å²) in [4.78, 5) is 33.0. The van der Waals surface area contributed by atoms with Gasteiger partial charge in [-0.1, -0.05) is 13.8 Å². The number of rotatable bonds is 6. The maximum atomic E-state index is 11.3. The SMILES string of the molecule is CNC(=O)CCNC(=O)NC(C(=O)O)C(C)C. The molecular weight excluding hydrogens is 226 g/mol. The number of urea groups is 1. The maximum Gasteiger partial charge on any atom is 0.326 e. The number of carbonyl (C=O) groups excluding carboxylic acids is 2. The lowest BCUT2D eigenvalue weighted by Gasteiger charge is -2.18. The highest BCUT2D eigenvalue weighted by molar-refractivity contribution is 5.83. The van der Waals surface area contributed by atoms with Gasteiger partial charge in [0.05, 0.1) is 0 Å². The van der Waals surface area contributed by atoms with Crippen LogP contribution < -0.4 is 16.0 Å². The van der Waals surface area contributed by atoms with Crippen LogP contribution >= 0.6 is 0 Å². The van der Waals surface area contributed by atoms with Crippen LogP contribution in [0.3, 0.4) is 0 Å². The van der Waals surface area contributed by atoms with E-state index in [1.807, 2.05) is 0 Å². The Hall–Kier alpha value is -1.79. The molecule has 3 amide bonds. The van der Waals surface area contributed by atoms with E-state index in [4.69, 9.17) is 5.11 Å². The van der Waals surface area contributed by atoms with Crippen LogP contribution in [0.4, 0.5) is 4.79 Å². The van der Waals surface area contributed by atoms with Gasteiger partial charge < -0.3 is 21.1 Å². The number of aliphatic carboxylic acids is 1. The standard InChI is InChI=1S/C10H19N3O4/c1-6(2)8(9(15)16)13-10(17)12-5-4-7(14)11-3/h6,8H,4-5H2,1-3H3,(H,11,14)(H,15,16)(H2,12,13,17). The molecule has 0 bridgehead atoms. The fourth-order valence-corrected chi connectivity index (χ4v) is 1.12. The summed E-state index contributed by atoms with van der Waals surface area (Å²) in [7, 11) is 1.50. The Labute approximate surface area is 100.0 Å². The van der Waals surface area contributed by atoms with Gasteiger partial charge in [-0.3, -0.25) is 4.79 Å². The molecule has 0 rings (SSSR count). The maximum absolute atomic E-state index is 11.3. The Balaban J connectivity index is 3.99. The van der Waals surface area contributed by atoms with Gasteiger partial charge >= 0.3 is 12.0 Å². The highest BCUT2D eigenvalue weighted by Gasteiger charge is 2.23. The quantitative estimate of drug-likeness (QED) is 0.507. The van der Waals surface area contributed by atoms with Crippen molar-refractivity contribution in [3.8, 4) is 0 Å². The molecule has 0 spiro atoms. The molecule has 0 radical (unpaired) electrons. The molecule has 1 unspecified atom stereocenters. The molecule has 0 aliphatic rings. The second-order valence-corrected chi connectivity index (χ2v) is 3.88. The summed E-state index contributed by atoms with van der Waals surface area (Å²) in [6.07, 6.45) is 0.156. The van der Waals surface area contributed by atoms with Crippen molar-refractivity contribution in [1.82, 2.24) is 16.0 Å². The molecule has 7 nitrogen and oxygen atoms in total. The van der Waals surface area contributed by atoms with Gasteiger partial charge in [-0.25, -0.2) is 9.59 Å². The third-order valence-corrected chi connectivity index (χ3v) is 2.14.